The third kappa shape index (κ3) is 3.49. The summed E-state index contributed by atoms with van der Waals surface area (Å²) in [7, 11) is 0. The molecule has 19 heavy (non-hydrogen) atoms. The summed E-state index contributed by atoms with van der Waals surface area (Å²) in [5, 5.41) is 21.9. The minimum Gasteiger partial charge on any atom is -0.394 e. The molecule has 0 aromatic carbocycles. The van der Waals surface area contributed by atoms with Crippen LogP contribution in [0, 0.1) is 0 Å². The van der Waals surface area contributed by atoms with E-state index in [1.54, 1.807) is 23.8 Å². The van der Waals surface area contributed by atoms with Crippen molar-refractivity contribution in [3.8, 4) is 0 Å². The zero-order valence-electron chi connectivity index (χ0n) is 11.5. The average molecular weight is 289 g/mol. The Kier molecular flexibility index (Phi) is 5.40. The highest BCUT2D eigenvalue weighted by molar-refractivity contribution is 6.31. The molecular formula is C13H21ClN2O3. The Hall–Kier alpha value is -1.04. The van der Waals surface area contributed by atoms with Crippen LogP contribution in [0.5, 0.6) is 0 Å². The van der Waals surface area contributed by atoms with E-state index in [2.05, 4.69) is 5.32 Å². The predicted octanol–water partition coefficient (Wildman–Crippen LogP) is 1.59. The van der Waals surface area contributed by atoms with Crippen LogP contribution in [0.2, 0.25) is 5.02 Å². The van der Waals surface area contributed by atoms with Gasteiger partial charge in [-0.3, -0.25) is 4.79 Å². The third-order valence-electron chi connectivity index (χ3n) is 3.26. The van der Waals surface area contributed by atoms with Crippen molar-refractivity contribution in [3.05, 3.63) is 23.0 Å². The Labute approximate surface area is 118 Å². The van der Waals surface area contributed by atoms with Gasteiger partial charge in [0.05, 0.1) is 23.8 Å². The molecule has 0 atom stereocenters. The summed E-state index contributed by atoms with van der Waals surface area (Å²) < 4.78 is 1.76. The molecule has 0 aliphatic carbocycles. The molecule has 6 heteroatoms. The maximum absolute atomic E-state index is 12.3. The molecular weight excluding hydrogens is 268 g/mol. The van der Waals surface area contributed by atoms with E-state index in [9.17, 15) is 15.0 Å². The molecule has 1 heterocycles. The first-order valence-corrected chi connectivity index (χ1v) is 6.68. The zero-order valence-corrected chi connectivity index (χ0v) is 12.2. The molecule has 0 saturated carbocycles. The van der Waals surface area contributed by atoms with Gasteiger partial charge in [0.1, 0.15) is 5.69 Å². The molecule has 5 nitrogen and oxygen atoms in total. The molecule has 1 aromatic heterocycles. The molecule has 108 valence electrons. The molecule has 0 bridgehead atoms. The Balaban J connectivity index is 3.01. The molecule has 0 aliphatic heterocycles. The summed E-state index contributed by atoms with van der Waals surface area (Å²) in [6.45, 7) is 5.04. The molecule has 0 fully saturated rings. The summed E-state index contributed by atoms with van der Waals surface area (Å²) in [4.78, 5) is 12.3. The minimum atomic E-state index is -1.00. The Morgan fingerprint density at radius 1 is 1.47 bits per heavy atom. The van der Waals surface area contributed by atoms with E-state index in [4.69, 9.17) is 11.6 Å². The number of nitrogens with zero attached hydrogens (tertiary/aromatic N) is 1. The van der Waals surface area contributed by atoms with Gasteiger partial charge in [-0.1, -0.05) is 18.5 Å². The van der Waals surface area contributed by atoms with Gasteiger partial charge in [0.15, 0.2) is 0 Å². The van der Waals surface area contributed by atoms with Crippen LogP contribution >= 0.6 is 11.6 Å². The van der Waals surface area contributed by atoms with Gasteiger partial charge >= 0.3 is 0 Å². The number of hydrogen-bond acceptors (Lipinski definition) is 3. The largest absolute Gasteiger partial charge is 0.394 e. The van der Waals surface area contributed by atoms with Crippen molar-refractivity contribution in [1.82, 2.24) is 9.88 Å². The number of hydrogen-bond donors (Lipinski definition) is 3. The number of aromatic nitrogens is 1. The molecule has 0 aliphatic rings. The topological polar surface area (TPSA) is 74.5 Å². The van der Waals surface area contributed by atoms with E-state index >= 15 is 0 Å². The van der Waals surface area contributed by atoms with E-state index in [1.807, 2.05) is 13.8 Å². The van der Waals surface area contributed by atoms with E-state index in [1.165, 1.54) is 0 Å². The lowest BCUT2D eigenvalue weighted by atomic mass is 9.98. The van der Waals surface area contributed by atoms with Crippen molar-refractivity contribution in [3.63, 3.8) is 0 Å². The predicted molar refractivity (Wildman–Crippen MR) is 74.5 cm³/mol. The summed E-state index contributed by atoms with van der Waals surface area (Å²) in [5.41, 5.74) is -0.588. The fourth-order valence-electron chi connectivity index (χ4n) is 1.80. The maximum Gasteiger partial charge on any atom is 0.268 e. The van der Waals surface area contributed by atoms with Crippen LogP contribution in [0.4, 0.5) is 0 Å². The monoisotopic (exact) mass is 288 g/mol. The van der Waals surface area contributed by atoms with Crippen LogP contribution in [0.25, 0.3) is 0 Å². The Bertz CT molecular complexity index is 431. The second-order valence-electron chi connectivity index (χ2n) is 4.95. The van der Waals surface area contributed by atoms with Crippen LogP contribution in [0.1, 0.15) is 43.7 Å². The van der Waals surface area contributed by atoms with Crippen LogP contribution in [0.3, 0.4) is 0 Å². The second kappa shape index (κ2) is 6.41. The lowest BCUT2D eigenvalue weighted by Gasteiger charge is -2.30. The van der Waals surface area contributed by atoms with Crippen molar-refractivity contribution >= 4 is 17.5 Å². The minimum absolute atomic E-state index is 0.0903. The normalized spacial score (nSPS) is 11.9. The fourth-order valence-corrected chi connectivity index (χ4v) is 2.01. The van der Waals surface area contributed by atoms with Gasteiger partial charge in [0.2, 0.25) is 0 Å². The third-order valence-corrected chi connectivity index (χ3v) is 3.47. The molecule has 1 rings (SSSR count). The van der Waals surface area contributed by atoms with Crippen LogP contribution < -0.4 is 5.32 Å². The number of carbonyl (C=O) groups excluding carboxylic acids is 1. The smallest absolute Gasteiger partial charge is 0.268 e. The molecule has 0 saturated heterocycles. The summed E-state index contributed by atoms with van der Waals surface area (Å²) in [5.74, 6) is -0.356. The number of aliphatic hydroxyl groups excluding tert-OH is 2. The Morgan fingerprint density at radius 3 is 2.47 bits per heavy atom. The highest BCUT2D eigenvalue weighted by Crippen LogP contribution is 2.20. The summed E-state index contributed by atoms with van der Waals surface area (Å²) in [6.07, 6.45) is 2.12. The van der Waals surface area contributed by atoms with Crippen LogP contribution in [-0.2, 0) is 0 Å². The summed E-state index contributed by atoms with van der Waals surface area (Å²) in [6, 6.07) is 1.67. The second-order valence-corrected chi connectivity index (χ2v) is 5.39. The lowest BCUT2D eigenvalue weighted by Crippen LogP contribution is -2.54. The first kappa shape index (κ1) is 16.0. The first-order valence-electron chi connectivity index (χ1n) is 6.30. The molecule has 0 spiro atoms. The quantitative estimate of drug-likeness (QED) is 0.744. The van der Waals surface area contributed by atoms with Crippen molar-refractivity contribution in [2.75, 3.05) is 13.2 Å². The maximum atomic E-state index is 12.3. The molecule has 1 amide bonds. The molecule has 3 N–H and O–H groups in total. The van der Waals surface area contributed by atoms with E-state index in [0.29, 0.717) is 17.1 Å². The van der Waals surface area contributed by atoms with Gasteiger partial charge in [0.25, 0.3) is 5.91 Å². The van der Waals surface area contributed by atoms with Crippen molar-refractivity contribution in [2.24, 2.45) is 0 Å². The summed E-state index contributed by atoms with van der Waals surface area (Å²) >= 11 is 5.93. The van der Waals surface area contributed by atoms with Crippen molar-refractivity contribution in [1.29, 1.82) is 0 Å². The van der Waals surface area contributed by atoms with Gasteiger partial charge < -0.3 is 20.1 Å². The number of nitrogens with one attached hydrogen (secondary N) is 1. The van der Waals surface area contributed by atoms with Gasteiger partial charge in [-0.25, -0.2) is 0 Å². The van der Waals surface area contributed by atoms with Gasteiger partial charge in [-0.15, -0.1) is 0 Å². The molecule has 0 radical (unpaired) electrons. The van der Waals surface area contributed by atoms with E-state index < -0.39 is 5.54 Å². The van der Waals surface area contributed by atoms with Gasteiger partial charge in [-0.2, -0.15) is 0 Å². The van der Waals surface area contributed by atoms with E-state index in [0.717, 1.165) is 0 Å². The fraction of sp³-hybridized carbons (Fsp3) is 0.615. The highest BCUT2D eigenvalue weighted by atomic mass is 35.5. The van der Waals surface area contributed by atoms with Crippen LogP contribution in [0.15, 0.2) is 12.3 Å². The number of carbonyl (C=O) groups is 1. The first-order chi connectivity index (χ1) is 8.89. The van der Waals surface area contributed by atoms with Crippen molar-refractivity contribution in [2.45, 2.75) is 38.8 Å². The SMILES string of the molecule is CCC(CO)(CO)NC(=O)c1cc(Cl)cn1C(C)C. The average Bonchev–Trinajstić information content (AvgIpc) is 2.78. The standard InChI is InChI=1S/C13H21ClN2O3/c1-4-13(7-17,8-18)15-12(19)11-5-10(14)6-16(11)9(2)3/h5-6,9,17-18H,4,7-8H2,1-3H3,(H,15,19). The number of rotatable bonds is 6. The van der Waals surface area contributed by atoms with Gasteiger partial charge in [0, 0.05) is 12.2 Å². The van der Waals surface area contributed by atoms with Crippen molar-refractivity contribution < 1.29 is 15.0 Å². The number of amides is 1. The number of halogens is 1. The Morgan fingerprint density at radius 2 is 2.05 bits per heavy atom. The molecule has 0 unspecified atom stereocenters. The highest BCUT2D eigenvalue weighted by Gasteiger charge is 2.30. The van der Waals surface area contributed by atoms with Gasteiger partial charge in [-0.05, 0) is 26.3 Å². The van der Waals surface area contributed by atoms with Crippen LogP contribution in [-0.4, -0.2) is 39.4 Å². The molecule has 1 aromatic rings. The zero-order chi connectivity index (χ0) is 14.6. The lowest BCUT2D eigenvalue weighted by molar-refractivity contribution is 0.0645. The van der Waals surface area contributed by atoms with E-state index in [-0.39, 0.29) is 25.2 Å². The number of aliphatic hydroxyl groups is 2.